The van der Waals surface area contributed by atoms with Crippen molar-refractivity contribution in [2.45, 2.75) is 25.8 Å². The van der Waals surface area contributed by atoms with E-state index in [1.54, 1.807) is 0 Å². The van der Waals surface area contributed by atoms with Crippen molar-refractivity contribution in [2.75, 3.05) is 19.7 Å². The molecule has 1 unspecified atom stereocenters. The van der Waals surface area contributed by atoms with Gasteiger partial charge in [-0.1, -0.05) is 13.3 Å². The summed E-state index contributed by atoms with van der Waals surface area (Å²) in [5.41, 5.74) is 0. The van der Waals surface area contributed by atoms with Crippen LogP contribution in [-0.2, 0) is 4.79 Å². The van der Waals surface area contributed by atoms with Crippen LogP contribution in [0, 0.1) is 5.92 Å². The highest BCUT2D eigenvalue weighted by molar-refractivity contribution is 5.73. The Morgan fingerprint density at radius 1 is 1.62 bits per heavy atom. The highest BCUT2D eigenvalue weighted by Gasteiger charge is 2.34. The van der Waals surface area contributed by atoms with Gasteiger partial charge in [-0.25, -0.2) is 0 Å². The Balaban J connectivity index is 2.35. The summed E-state index contributed by atoms with van der Waals surface area (Å²) >= 11 is 0. The Morgan fingerprint density at radius 3 is 2.62 bits per heavy atom. The Morgan fingerprint density at radius 2 is 2.23 bits per heavy atom. The molecule has 0 saturated carbocycles. The molecule has 4 heteroatoms. The number of carboxylic acids is 1. The van der Waals surface area contributed by atoms with Gasteiger partial charge in [0.05, 0.1) is 0 Å². The number of carboxylic acid groups (broad SMARTS) is 1. The normalized spacial score (nSPS) is 21.1. The summed E-state index contributed by atoms with van der Waals surface area (Å²) in [6.07, 6.45) is 1.59. The first-order chi connectivity index (χ1) is 6.19. The van der Waals surface area contributed by atoms with E-state index in [1.165, 1.54) is 0 Å². The molecule has 1 rings (SSSR count). The van der Waals surface area contributed by atoms with Gasteiger partial charge in [-0.2, -0.15) is 0 Å². The quantitative estimate of drug-likeness (QED) is 0.644. The topological polar surface area (TPSA) is 60.8 Å². The lowest BCUT2D eigenvalue weighted by molar-refractivity contribution is -0.147. The lowest BCUT2D eigenvalue weighted by Gasteiger charge is -2.41. The van der Waals surface area contributed by atoms with Crippen LogP contribution in [0.5, 0.6) is 0 Å². The van der Waals surface area contributed by atoms with Crippen molar-refractivity contribution in [1.82, 2.24) is 4.90 Å². The number of rotatable bonds is 5. The zero-order valence-electron chi connectivity index (χ0n) is 7.94. The summed E-state index contributed by atoms with van der Waals surface area (Å²) in [6.45, 7) is 3.62. The van der Waals surface area contributed by atoms with Gasteiger partial charge in [0.2, 0.25) is 0 Å². The molecule has 0 amide bonds. The maximum atomic E-state index is 10.8. The van der Waals surface area contributed by atoms with Crippen LogP contribution >= 0.6 is 0 Å². The SMILES string of the molecule is CCCC(C(=O)O)N1CC(CO)C1. The van der Waals surface area contributed by atoms with Crippen molar-refractivity contribution in [2.24, 2.45) is 5.92 Å². The molecule has 0 radical (unpaired) electrons. The zero-order valence-corrected chi connectivity index (χ0v) is 7.94. The molecule has 4 nitrogen and oxygen atoms in total. The van der Waals surface area contributed by atoms with Crippen LogP contribution in [0.4, 0.5) is 0 Å². The van der Waals surface area contributed by atoms with Crippen LogP contribution in [-0.4, -0.2) is 46.8 Å². The number of nitrogens with zero attached hydrogens (tertiary/aromatic N) is 1. The van der Waals surface area contributed by atoms with Gasteiger partial charge in [-0.15, -0.1) is 0 Å². The van der Waals surface area contributed by atoms with E-state index < -0.39 is 5.97 Å². The molecule has 1 aliphatic heterocycles. The second-order valence-electron chi connectivity index (χ2n) is 3.65. The van der Waals surface area contributed by atoms with E-state index >= 15 is 0 Å². The summed E-state index contributed by atoms with van der Waals surface area (Å²) < 4.78 is 0. The van der Waals surface area contributed by atoms with E-state index in [-0.39, 0.29) is 12.6 Å². The molecule has 0 aromatic heterocycles. The first-order valence-electron chi connectivity index (χ1n) is 4.76. The van der Waals surface area contributed by atoms with Crippen LogP contribution in [0.15, 0.2) is 0 Å². The molecular formula is C9H17NO3. The highest BCUT2D eigenvalue weighted by Crippen LogP contribution is 2.20. The zero-order chi connectivity index (χ0) is 9.84. The van der Waals surface area contributed by atoms with Crippen molar-refractivity contribution in [3.63, 3.8) is 0 Å². The van der Waals surface area contributed by atoms with Crippen molar-refractivity contribution in [3.05, 3.63) is 0 Å². The number of carbonyl (C=O) groups is 1. The molecule has 1 heterocycles. The number of likely N-dealkylation sites (tertiary alicyclic amines) is 1. The lowest BCUT2D eigenvalue weighted by Crippen LogP contribution is -2.55. The smallest absolute Gasteiger partial charge is 0.320 e. The molecule has 0 bridgehead atoms. The summed E-state index contributed by atoms with van der Waals surface area (Å²) in [5, 5.41) is 17.7. The number of aliphatic hydroxyl groups excluding tert-OH is 1. The summed E-state index contributed by atoms with van der Waals surface area (Å²) in [4.78, 5) is 12.7. The summed E-state index contributed by atoms with van der Waals surface area (Å²) in [7, 11) is 0. The van der Waals surface area contributed by atoms with E-state index in [4.69, 9.17) is 10.2 Å². The lowest BCUT2D eigenvalue weighted by atomic mass is 9.97. The second kappa shape index (κ2) is 4.58. The van der Waals surface area contributed by atoms with E-state index in [9.17, 15) is 4.79 Å². The molecule has 0 spiro atoms. The second-order valence-corrected chi connectivity index (χ2v) is 3.65. The minimum absolute atomic E-state index is 0.176. The number of aliphatic carboxylic acids is 1. The first kappa shape index (κ1) is 10.5. The molecule has 0 aromatic rings. The molecule has 76 valence electrons. The van der Waals surface area contributed by atoms with Gasteiger partial charge in [0.25, 0.3) is 0 Å². The van der Waals surface area contributed by atoms with Crippen molar-refractivity contribution < 1.29 is 15.0 Å². The van der Waals surface area contributed by atoms with Crippen LogP contribution in [0.2, 0.25) is 0 Å². The van der Waals surface area contributed by atoms with E-state index in [2.05, 4.69) is 0 Å². The van der Waals surface area contributed by atoms with Gasteiger partial charge in [0, 0.05) is 25.6 Å². The fourth-order valence-electron chi connectivity index (χ4n) is 1.72. The summed E-state index contributed by atoms with van der Waals surface area (Å²) in [6, 6.07) is -0.340. The number of hydrogen-bond acceptors (Lipinski definition) is 3. The van der Waals surface area contributed by atoms with E-state index in [0.29, 0.717) is 12.3 Å². The summed E-state index contributed by atoms with van der Waals surface area (Å²) in [5.74, 6) is -0.447. The maximum absolute atomic E-state index is 10.8. The molecular weight excluding hydrogens is 170 g/mol. The van der Waals surface area contributed by atoms with E-state index in [0.717, 1.165) is 19.5 Å². The van der Waals surface area contributed by atoms with Gasteiger partial charge >= 0.3 is 5.97 Å². The molecule has 1 aliphatic rings. The average molecular weight is 187 g/mol. The average Bonchev–Trinajstić information content (AvgIpc) is 2.00. The standard InChI is InChI=1S/C9H17NO3/c1-2-3-8(9(12)13)10-4-7(5-10)6-11/h7-8,11H,2-6H2,1H3,(H,12,13). The molecule has 1 atom stereocenters. The van der Waals surface area contributed by atoms with Gasteiger partial charge in [-0.3, -0.25) is 9.69 Å². The van der Waals surface area contributed by atoms with Crippen molar-refractivity contribution in [3.8, 4) is 0 Å². The minimum atomic E-state index is -0.738. The van der Waals surface area contributed by atoms with Crippen LogP contribution in [0.1, 0.15) is 19.8 Å². The molecule has 1 fully saturated rings. The van der Waals surface area contributed by atoms with Gasteiger partial charge in [0.15, 0.2) is 0 Å². The van der Waals surface area contributed by atoms with Gasteiger partial charge < -0.3 is 10.2 Å². The number of hydrogen-bond donors (Lipinski definition) is 2. The number of aliphatic hydroxyl groups is 1. The molecule has 1 saturated heterocycles. The fourth-order valence-corrected chi connectivity index (χ4v) is 1.72. The largest absolute Gasteiger partial charge is 0.480 e. The third-order valence-corrected chi connectivity index (χ3v) is 2.53. The predicted molar refractivity (Wildman–Crippen MR) is 48.5 cm³/mol. The van der Waals surface area contributed by atoms with Crippen molar-refractivity contribution >= 4 is 5.97 Å². The van der Waals surface area contributed by atoms with Crippen molar-refractivity contribution in [1.29, 1.82) is 0 Å². The molecule has 0 aliphatic carbocycles. The Labute approximate surface area is 78.2 Å². The fraction of sp³-hybridized carbons (Fsp3) is 0.889. The van der Waals surface area contributed by atoms with Crippen LogP contribution in [0.3, 0.4) is 0 Å². The monoisotopic (exact) mass is 187 g/mol. The molecule has 0 aromatic carbocycles. The highest BCUT2D eigenvalue weighted by atomic mass is 16.4. The minimum Gasteiger partial charge on any atom is -0.480 e. The van der Waals surface area contributed by atoms with Crippen LogP contribution < -0.4 is 0 Å². The Kier molecular flexibility index (Phi) is 3.69. The third-order valence-electron chi connectivity index (χ3n) is 2.53. The van der Waals surface area contributed by atoms with Gasteiger partial charge in [0.1, 0.15) is 6.04 Å². The maximum Gasteiger partial charge on any atom is 0.320 e. The third kappa shape index (κ3) is 2.42. The van der Waals surface area contributed by atoms with Crippen LogP contribution in [0.25, 0.3) is 0 Å². The van der Waals surface area contributed by atoms with E-state index in [1.807, 2.05) is 11.8 Å². The molecule has 13 heavy (non-hydrogen) atoms. The first-order valence-corrected chi connectivity index (χ1v) is 4.76. The van der Waals surface area contributed by atoms with Gasteiger partial charge in [-0.05, 0) is 6.42 Å². The Hall–Kier alpha value is -0.610. The molecule has 2 N–H and O–H groups in total. The predicted octanol–water partition coefficient (Wildman–Crippen LogP) is 0.164. The Bertz CT molecular complexity index is 178.